The summed E-state index contributed by atoms with van der Waals surface area (Å²) in [6.07, 6.45) is 0. The van der Waals surface area contributed by atoms with E-state index in [1.54, 1.807) is 0 Å². The number of nitrogens with zero attached hydrogens (tertiary/aromatic N) is 2. The number of aromatic nitrogens is 2. The first-order valence-electron chi connectivity index (χ1n) is 4.21. The van der Waals surface area contributed by atoms with Gasteiger partial charge in [0.25, 0.3) is 0 Å². The number of alkyl halides is 2. The van der Waals surface area contributed by atoms with Gasteiger partial charge >= 0.3 is 0 Å². The van der Waals surface area contributed by atoms with Gasteiger partial charge in [0.15, 0.2) is 0 Å². The van der Waals surface area contributed by atoms with Crippen LogP contribution < -0.4 is 0 Å². The Labute approximate surface area is 110 Å². The third-order valence-corrected chi connectivity index (χ3v) is 3.42. The lowest BCUT2D eigenvalue weighted by molar-refractivity contribution is 1.09. The van der Waals surface area contributed by atoms with Crippen molar-refractivity contribution in [3.05, 3.63) is 35.7 Å². The molecule has 1 heterocycles. The van der Waals surface area contributed by atoms with Crippen LogP contribution in [0.2, 0.25) is 0 Å². The van der Waals surface area contributed by atoms with E-state index in [2.05, 4.69) is 55.1 Å². The Morgan fingerprint density at radius 3 is 1.64 bits per heavy atom. The summed E-state index contributed by atoms with van der Waals surface area (Å²) in [5.74, 6) is 0. The SMILES string of the molecule is ICc1nc2ccccc2nc1CI. The van der Waals surface area contributed by atoms with Crippen molar-refractivity contribution >= 4 is 56.2 Å². The van der Waals surface area contributed by atoms with E-state index in [-0.39, 0.29) is 0 Å². The van der Waals surface area contributed by atoms with E-state index in [1.807, 2.05) is 24.3 Å². The average Bonchev–Trinajstić information content (AvgIpc) is 2.27. The first-order chi connectivity index (χ1) is 6.85. The fraction of sp³-hybridized carbons (Fsp3) is 0.200. The number of fused-ring (bicyclic) bond motifs is 1. The van der Waals surface area contributed by atoms with Crippen LogP contribution in [0, 0.1) is 0 Å². The summed E-state index contributed by atoms with van der Waals surface area (Å²) in [7, 11) is 0. The quantitative estimate of drug-likeness (QED) is 0.560. The van der Waals surface area contributed by atoms with Gasteiger partial charge in [-0.2, -0.15) is 0 Å². The van der Waals surface area contributed by atoms with Crippen LogP contribution >= 0.6 is 45.2 Å². The van der Waals surface area contributed by atoms with Crippen molar-refractivity contribution in [3.63, 3.8) is 0 Å². The van der Waals surface area contributed by atoms with Crippen LogP contribution in [-0.2, 0) is 8.86 Å². The van der Waals surface area contributed by atoms with Gasteiger partial charge in [-0.1, -0.05) is 57.3 Å². The smallest absolute Gasteiger partial charge is 0.0890 e. The van der Waals surface area contributed by atoms with E-state index in [4.69, 9.17) is 0 Å². The van der Waals surface area contributed by atoms with Gasteiger partial charge in [0.1, 0.15) is 0 Å². The average molecular weight is 410 g/mol. The molecular weight excluding hydrogens is 402 g/mol. The standard InChI is InChI=1S/C10H8I2N2/c11-5-9-10(6-12)14-8-4-2-1-3-7(8)13-9/h1-4H,5-6H2. The highest BCUT2D eigenvalue weighted by molar-refractivity contribution is 14.1. The number of benzene rings is 1. The van der Waals surface area contributed by atoms with E-state index in [9.17, 15) is 0 Å². The highest BCUT2D eigenvalue weighted by atomic mass is 127. The molecule has 0 amide bonds. The van der Waals surface area contributed by atoms with E-state index in [0.29, 0.717) is 0 Å². The Bertz CT molecular complexity index is 414. The molecule has 0 fully saturated rings. The van der Waals surface area contributed by atoms with E-state index in [0.717, 1.165) is 31.3 Å². The number of para-hydroxylation sites is 2. The lowest BCUT2D eigenvalue weighted by Gasteiger charge is -2.04. The predicted octanol–water partition coefficient (Wildman–Crippen LogP) is 3.50. The minimum atomic E-state index is 0.925. The van der Waals surface area contributed by atoms with Gasteiger partial charge in [-0.05, 0) is 12.1 Å². The van der Waals surface area contributed by atoms with Crippen LogP contribution in [0.15, 0.2) is 24.3 Å². The largest absolute Gasteiger partial charge is 0.248 e. The van der Waals surface area contributed by atoms with Gasteiger partial charge in [-0.15, -0.1) is 0 Å². The van der Waals surface area contributed by atoms with Crippen molar-refractivity contribution in [1.29, 1.82) is 0 Å². The molecule has 0 bridgehead atoms. The molecule has 14 heavy (non-hydrogen) atoms. The van der Waals surface area contributed by atoms with Crippen molar-refractivity contribution in [2.75, 3.05) is 0 Å². The molecule has 0 aliphatic rings. The molecule has 0 aliphatic heterocycles. The third-order valence-electron chi connectivity index (χ3n) is 1.98. The molecule has 2 nitrogen and oxygen atoms in total. The molecule has 0 aliphatic carbocycles. The second-order valence-electron chi connectivity index (χ2n) is 2.87. The van der Waals surface area contributed by atoms with Crippen LogP contribution in [0.5, 0.6) is 0 Å². The van der Waals surface area contributed by atoms with Gasteiger partial charge in [-0.3, -0.25) is 0 Å². The van der Waals surface area contributed by atoms with Crippen molar-refractivity contribution in [1.82, 2.24) is 9.97 Å². The molecule has 0 unspecified atom stereocenters. The molecule has 0 radical (unpaired) electrons. The summed E-state index contributed by atoms with van der Waals surface area (Å²) in [4.78, 5) is 9.18. The summed E-state index contributed by atoms with van der Waals surface area (Å²) in [5.41, 5.74) is 4.21. The maximum absolute atomic E-state index is 4.59. The molecule has 0 atom stereocenters. The van der Waals surface area contributed by atoms with Crippen molar-refractivity contribution in [2.24, 2.45) is 0 Å². The molecule has 2 rings (SSSR count). The Balaban J connectivity index is 2.69. The summed E-state index contributed by atoms with van der Waals surface area (Å²) in [6, 6.07) is 8.01. The highest BCUT2D eigenvalue weighted by Crippen LogP contribution is 2.17. The zero-order valence-electron chi connectivity index (χ0n) is 7.37. The molecule has 0 saturated carbocycles. The van der Waals surface area contributed by atoms with Crippen molar-refractivity contribution < 1.29 is 0 Å². The molecule has 2 aromatic rings. The van der Waals surface area contributed by atoms with Gasteiger partial charge in [0, 0.05) is 8.86 Å². The second kappa shape index (κ2) is 4.69. The second-order valence-corrected chi connectivity index (χ2v) is 4.40. The molecule has 72 valence electrons. The zero-order valence-corrected chi connectivity index (χ0v) is 11.7. The monoisotopic (exact) mass is 410 g/mol. The van der Waals surface area contributed by atoms with Crippen LogP contribution in [0.1, 0.15) is 11.4 Å². The van der Waals surface area contributed by atoms with Crippen LogP contribution in [0.3, 0.4) is 0 Å². The molecule has 1 aromatic carbocycles. The van der Waals surface area contributed by atoms with Crippen LogP contribution in [0.25, 0.3) is 11.0 Å². The number of hydrogen-bond acceptors (Lipinski definition) is 2. The number of rotatable bonds is 2. The zero-order chi connectivity index (χ0) is 9.97. The predicted molar refractivity (Wildman–Crippen MR) is 75.0 cm³/mol. The molecule has 4 heteroatoms. The topological polar surface area (TPSA) is 25.8 Å². The first-order valence-corrected chi connectivity index (χ1v) is 7.26. The number of halogens is 2. The van der Waals surface area contributed by atoms with E-state index in [1.165, 1.54) is 0 Å². The Morgan fingerprint density at radius 1 is 0.857 bits per heavy atom. The summed E-state index contributed by atoms with van der Waals surface area (Å²) < 4.78 is 1.85. The van der Waals surface area contributed by atoms with Crippen molar-refractivity contribution in [3.8, 4) is 0 Å². The van der Waals surface area contributed by atoms with Gasteiger partial charge < -0.3 is 0 Å². The van der Waals surface area contributed by atoms with E-state index >= 15 is 0 Å². The van der Waals surface area contributed by atoms with Crippen LogP contribution in [-0.4, -0.2) is 9.97 Å². The minimum absolute atomic E-state index is 0.925. The third kappa shape index (κ3) is 2.00. The molecule has 0 saturated heterocycles. The summed E-state index contributed by atoms with van der Waals surface area (Å²) in [6.45, 7) is 0. The van der Waals surface area contributed by atoms with Crippen LogP contribution in [0.4, 0.5) is 0 Å². The Kier molecular flexibility index (Phi) is 3.53. The normalized spacial score (nSPS) is 10.7. The van der Waals surface area contributed by atoms with E-state index < -0.39 is 0 Å². The molecule has 0 spiro atoms. The maximum Gasteiger partial charge on any atom is 0.0890 e. The summed E-state index contributed by atoms with van der Waals surface area (Å²) >= 11 is 4.66. The summed E-state index contributed by atoms with van der Waals surface area (Å²) in [5, 5.41) is 0. The fourth-order valence-electron chi connectivity index (χ4n) is 1.29. The lowest BCUT2D eigenvalue weighted by Crippen LogP contribution is -1.97. The van der Waals surface area contributed by atoms with Gasteiger partial charge in [-0.25, -0.2) is 9.97 Å². The van der Waals surface area contributed by atoms with Gasteiger partial charge in [0.05, 0.1) is 22.4 Å². The Morgan fingerprint density at radius 2 is 1.29 bits per heavy atom. The Hall–Kier alpha value is 0.0200. The highest BCUT2D eigenvalue weighted by Gasteiger charge is 2.05. The number of hydrogen-bond donors (Lipinski definition) is 0. The minimum Gasteiger partial charge on any atom is -0.248 e. The fourth-order valence-corrected chi connectivity index (χ4v) is 2.51. The maximum atomic E-state index is 4.59. The molecule has 1 aromatic heterocycles. The van der Waals surface area contributed by atoms with Gasteiger partial charge in [0.2, 0.25) is 0 Å². The van der Waals surface area contributed by atoms with Crippen molar-refractivity contribution in [2.45, 2.75) is 8.86 Å². The first kappa shape index (κ1) is 10.5. The molecular formula is C10H8I2N2. The molecule has 0 N–H and O–H groups in total. The lowest BCUT2D eigenvalue weighted by atomic mass is 10.2.